The summed E-state index contributed by atoms with van der Waals surface area (Å²) in [7, 11) is -4.17. The lowest BCUT2D eigenvalue weighted by Gasteiger charge is -2.60. The van der Waals surface area contributed by atoms with Crippen molar-refractivity contribution in [3.05, 3.63) is 137 Å². The van der Waals surface area contributed by atoms with Crippen molar-refractivity contribution in [1.29, 1.82) is 5.53 Å². The number of alkyl carbamates (subject to hydrolysis) is 1. The first-order valence-electron chi connectivity index (χ1n) is 52.0. The van der Waals surface area contributed by atoms with E-state index in [0.29, 0.717) is 113 Å². The van der Waals surface area contributed by atoms with Gasteiger partial charge in [-0.05, 0) is 159 Å². The summed E-state index contributed by atoms with van der Waals surface area (Å²) < 4.78 is 117. The molecule has 0 aromatic heterocycles. The van der Waals surface area contributed by atoms with Gasteiger partial charge in [0.2, 0.25) is 47.3 Å². The number of alkyl halides is 1. The highest BCUT2D eigenvalue weighted by atomic mass is 32.2. The second-order valence-electron chi connectivity index (χ2n) is 38.5. The van der Waals surface area contributed by atoms with E-state index in [4.69, 9.17) is 72.7 Å². The van der Waals surface area contributed by atoms with Crippen molar-refractivity contribution in [1.82, 2.24) is 47.9 Å². The van der Waals surface area contributed by atoms with E-state index >= 15 is 4.39 Å². The number of para-hydroxylation sites is 1. The first kappa shape index (κ1) is 122. The average Bonchev–Trinajstić information content (AvgIpc) is 1.51. The molecule has 5 unspecified atom stereocenters. The van der Waals surface area contributed by atoms with Gasteiger partial charge in [0.25, 0.3) is 10.1 Å². The summed E-state index contributed by atoms with van der Waals surface area (Å²) in [5, 5.41) is 43.6. The smallest absolute Gasteiger partial charge is 0.407 e. The molecular weight excluding hydrogens is 1960 g/mol. The molecule has 44 heteroatoms. The normalized spacial score (nSPS) is 22.3. The van der Waals surface area contributed by atoms with Crippen molar-refractivity contribution in [2.45, 2.75) is 238 Å². The van der Waals surface area contributed by atoms with Crippen LogP contribution in [0.1, 0.15) is 186 Å². The Kier molecular flexibility index (Phi) is 51.7. The van der Waals surface area contributed by atoms with Gasteiger partial charge in [0.05, 0.1) is 142 Å². The lowest BCUT2D eigenvalue weighted by molar-refractivity contribution is -0.200. The monoisotopic (exact) mass is 2110 g/mol. The number of aliphatic hydroxyl groups is 1. The van der Waals surface area contributed by atoms with Gasteiger partial charge >= 0.3 is 12.1 Å². The van der Waals surface area contributed by atoms with Gasteiger partial charge < -0.3 is 126 Å². The van der Waals surface area contributed by atoms with E-state index < -0.39 is 159 Å². The molecule has 0 radical (unpaired) electrons. The number of carbonyl (C=O) groups excluding carboxylic acids is 12. The van der Waals surface area contributed by atoms with Crippen LogP contribution in [0.2, 0.25) is 0 Å². The number of unbranched alkanes of at least 4 members (excludes halogenated alkanes) is 1. The van der Waals surface area contributed by atoms with Crippen molar-refractivity contribution in [2.75, 3.05) is 168 Å². The molecule has 1 aliphatic heterocycles. The number of nitrogens with one attached hydrogen (secondary N) is 11. The van der Waals surface area contributed by atoms with E-state index in [0.717, 1.165) is 42.4 Å². The molecule has 0 spiro atoms. The van der Waals surface area contributed by atoms with Gasteiger partial charge in [0.15, 0.2) is 23.5 Å². The Balaban J connectivity index is 0.726. The third-order valence-electron chi connectivity index (χ3n) is 27.6. The van der Waals surface area contributed by atoms with E-state index in [1.807, 2.05) is 69.3 Å². The standard InChI is InChI=1S/C105H155FN14O28S/c1-8-21-94-147-88-64-78-77-63-80(106)79-62-76(121)36-39-103(79,6)95(77)85(122)65-104(78,7)105(88,148-94)87(123)66-114-102(133)146-68-71-30-32-75(33-31-71)115-98(129)83(27-20-41-113-101(107)132)117-100(131)96(70(4)5)118-99(130)82(26-18-19-40-110-92(127)69-145-86-29-13-11-12-25-81(97(86)119-108)109-42-47-139-51-55-143-59-57-141-53-49-137-45-37-90(125)112-44-61-149(134,135)136)116-91(126)38-46-138-50-54-142-58-60-144-56-52-140-48-43-111-89(124)34-35-93(128)120(84-28-17-16-23-73(84)10-3)67-74-24-15-14-22-72(74)9-2/h10,14-17,22-24,28,30-33,36,39,62,70,77-78,80,82-83,85-86,88,94-96,108-109,122H,3,8-9,11-13,18-21,25-27,29,34-35,37-38,40-61,63-69H2,1-2,4-7H3,(H,110,127)(H,111,124)(H,112,125)(H,114,133)(H,115,129)(H,116,126)(H,117,131)(H,118,130)(H3,107,113,132)(H,134,135,136)/b97-81-,119-108?/t77?,78?,80-,82+,83-,85-,86?,88+,94?,95?,96-,103-,104-,105+/m0/s1. The maximum Gasteiger partial charge on any atom is 0.407 e. The second kappa shape index (κ2) is 63.4. The number of aryl methyl sites for hydroxylation is 1. The Bertz CT molecular complexity index is 5100. The predicted molar refractivity (Wildman–Crippen MR) is 548 cm³/mol. The number of amides is 11. The number of rotatable bonds is 70. The molecule has 3 saturated carbocycles. The van der Waals surface area contributed by atoms with Gasteiger partial charge in [-0.25, -0.2) is 19.5 Å². The van der Waals surface area contributed by atoms with E-state index in [2.05, 4.69) is 71.8 Å². The number of fused-ring (bicyclic) bond motifs is 7. The number of nitrogens with zero attached hydrogens (tertiary/aromatic N) is 2. The summed E-state index contributed by atoms with van der Waals surface area (Å²) in [6, 6.07) is 17.1. The number of hydrogen-bond acceptors (Lipinski definition) is 30. The van der Waals surface area contributed by atoms with Crippen LogP contribution in [-0.2, 0) is 134 Å². The van der Waals surface area contributed by atoms with Crippen molar-refractivity contribution in [3.8, 4) is 0 Å². The Labute approximate surface area is 871 Å². The zero-order valence-electron chi connectivity index (χ0n) is 86.7. The van der Waals surface area contributed by atoms with Gasteiger partial charge in [-0.3, -0.25) is 52.5 Å². The van der Waals surface area contributed by atoms with Crippen LogP contribution < -0.4 is 63.8 Å². The van der Waals surface area contributed by atoms with Crippen molar-refractivity contribution in [2.24, 2.45) is 45.3 Å². The highest BCUT2D eigenvalue weighted by Crippen LogP contribution is 2.70. The first-order valence-corrected chi connectivity index (χ1v) is 53.6. The Morgan fingerprint density at radius 1 is 0.664 bits per heavy atom. The average molecular weight is 2110 g/mol. The summed E-state index contributed by atoms with van der Waals surface area (Å²) in [6.45, 7) is 18.3. The number of urea groups is 1. The quantitative estimate of drug-likeness (QED) is 0.0145. The second-order valence-corrected chi connectivity index (χ2v) is 40.1. The first-order chi connectivity index (χ1) is 71.6. The SMILES string of the molecule is C=Cc1ccccc1N(Cc1ccccc1CC)C(=O)CCC(=O)NCCOCCOCCOCCOCCC(=O)N[C@H](CCCCNC(=O)COC1CCCCC/C(NCCOCCOCCOCCOCCC(=O)NCCS(=O)(=O)O)=C\1N=N)C(=O)N[C@H](C(=O)N[C@@H](CCCNC(N)=O)C(=O)Nc1ccc(COC(=O)NCC(=O)[C@@]23OC(CCC)O[C@@H]2CC2C4C[C@H](F)C5=CC(=O)C=C[C@]5(C)C4[C@@H](O)C[C@@]23C)cc1)C(C)C. The number of nitrogens with two attached hydrogens (primary N) is 1. The lowest BCUT2D eigenvalue weighted by Crippen LogP contribution is -2.65. The summed E-state index contributed by atoms with van der Waals surface area (Å²) in [5.74, 6) is -7.26. The Morgan fingerprint density at radius 3 is 1.91 bits per heavy atom. The highest BCUT2D eigenvalue weighted by Gasteiger charge is 2.76. The summed E-state index contributed by atoms with van der Waals surface area (Å²) in [4.78, 5) is 164. The molecule has 9 rings (SSSR count). The van der Waals surface area contributed by atoms with E-state index in [1.165, 1.54) is 24.3 Å². The number of halogens is 1. The minimum atomic E-state index is -4.17. The van der Waals surface area contributed by atoms with Crippen LogP contribution in [0.25, 0.3) is 6.08 Å². The molecule has 4 fully saturated rings. The number of ketones is 2. The van der Waals surface area contributed by atoms with Gasteiger partial charge in [-0.2, -0.15) is 13.5 Å². The molecule has 1 saturated heterocycles. The fraction of sp³-hybridized carbons (Fsp3) is 0.638. The molecule has 11 amide bonds. The van der Waals surface area contributed by atoms with Crippen molar-refractivity contribution < 1.29 is 137 Å². The Hall–Kier alpha value is -11.0. The van der Waals surface area contributed by atoms with Crippen LogP contribution in [0.3, 0.4) is 0 Å². The van der Waals surface area contributed by atoms with Gasteiger partial charge in [-0.1, -0.05) is 134 Å². The maximum absolute atomic E-state index is 16.3. The van der Waals surface area contributed by atoms with Gasteiger partial charge in [0, 0.05) is 86.5 Å². The third kappa shape index (κ3) is 38.4. The minimum absolute atomic E-state index is 0.00326. The largest absolute Gasteiger partial charge is 0.445 e. The van der Waals surface area contributed by atoms with Crippen LogP contribution in [0, 0.1) is 40.0 Å². The summed E-state index contributed by atoms with van der Waals surface area (Å²) >= 11 is 0. The summed E-state index contributed by atoms with van der Waals surface area (Å²) in [6.07, 6.45) is 7.20. The number of Topliss-reactive ketones (excluding diaryl/α,β-unsaturated/α-hetero) is 1. The number of anilines is 2. The molecule has 42 nitrogen and oxygen atoms in total. The number of aliphatic hydroxyl groups excluding tert-OH is 1. The molecule has 826 valence electrons. The highest BCUT2D eigenvalue weighted by molar-refractivity contribution is 7.85. The van der Waals surface area contributed by atoms with E-state index in [9.17, 15) is 71.1 Å². The maximum atomic E-state index is 16.3. The number of allylic oxidation sites excluding steroid dienone is 5. The lowest BCUT2D eigenvalue weighted by atomic mass is 9.46. The molecule has 149 heavy (non-hydrogen) atoms. The number of primary amides is 1. The Morgan fingerprint density at radius 2 is 1.27 bits per heavy atom. The molecule has 3 aromatic carbocycles. The molecule has 15 N–H and O–H groups in total. The third-order valence-corrected chi connectivity index (χ3v) is 28.4. The molecule has 14 atom stereocenters. The number of ether oxygens (including phenoxy) is 12. The van der Waals surface area contributed by atoms with E-state index in [1.54, 1.807) is 43.0 Å². The van der Waals surface area contributed by atoms with Gasteiger partial charge in [0.1, 0.15) is 49.3 Å². The fourth-order valence-electron chi connectivity index (χ4n) is 20.1. The molecular formula is C105H155FN14O28S. The molecule has 6 aliphatic rings. The van der Waals surface area contributed by atoms with Crippen LogP contribution in [0.15, 0.2) is 120 Å². The molecule has 1 heterocycles. The molecule has 0 bridgehead atoms. The number of carbonyl (C=O) groups is 12. The van der Waals surface area contributed by atoms with Crippen LogP contribution in [0.4, 0.5) is 25.4 Å². The fourth-order valence-corrected chi connectivity index (χ4v) is 20.5. The van der Waals surface area contributed by atoms with Crippen molar-refractivity contribution >= 4 is 98.5 Å². The van der Waals surface area contributed by atoms with Crippen LogP contribution in [0.5, 0.6) is 0 Å². The summed E-state index contributed by atoms with van der Waals surface area (Å²) in [5.41, 5.74) is 15.8. The number of benzene rings is 3. The topological polar surface area (TPSA) is 576 Å². The zero-order chi connectivity index (χ0) is 108. The van der Waals surface area contributed by atoms with Gasteiger partial charge in [-0.15, -0.1) is 0 Å². The van der Waals surface area contributed by atoms with Crippen LogP contribution >= 0.6 is 0 Å². The van der Waals surface area contributed by atoms with E-state index in [-0.39, 0.29) is 205 Å². The molecule has 3 aromatic rings. The number of hydrogen-bond donors (Lipinski definition) is 14. The van der Waals surface area contributed by atoms with Crippen molar-refractivity contribution in [3.63, 3.8) is 0 Å². The van der Waals surface area contributed by atoms with Crippen LogP contribution in [-0.4, -0.2) is 301 Å². The zero-order valence-corrected chi connectivity index (χ0v) is 87.5. The minimum Gasteiger partial charge on any atom is -0.445 e. The predicted octanol–water partition coefficient (Wildman–Crippen LogP) is 7.82. The molecule has 5 aliphatic carbocycles.